The van der Waals surface area contributed by atoms with E-state index in [4.69, 9.17) is 0 Å². The lowest BCUT2D eigenvalue weighted by Gasteiger charge is -1.99. The average molecular weight is 161 g/mol. The topological polar surface area (TPSA) is 56.5 Å². The zero-order valence-corrected chi connectivity index (χ0v) is 6.55. The van der Waals surface area contributed by atoms with Gasteiger partial charge in [-0.2, -0.15) is 4.68 Å². The van der Waals surface area contributed by atoms with E-state index in [0.717, 1.165) is 11.4 Å². The molecule has 0 unspecified atom stereocenters. The highest BCUT2D eigenvalue weighted by molar-refractivity contribution is 5.29. The molecule has 0 bridgehead atoms. The molecule has 0 fully saturated rings. The molecule has 2 aromatic rings. The van der Waals surface area contributed by atoms with Crippen LogP contribution in [0.2, 0.25) is 0 Å². The lowest BCUT2D eigenvalue weighted by atomic mass is 10.3. The van der Waals surface area contributed by atoms with Gasteiger partial charge in [-0.3, -0.25) is 0 Å². The summed E-state index contributed by atoms with van der Waals surface area (Å²) in [7, 11) is 0. The summed E-state index contributed by atoms with van der Waals surface area (Å²) in [6.07, 6.45) is 3.24. The second kappa shape index (κ2) is 2.69. The van der Waals surface area contributed by atoms with Crippen molar-refractivity contribution in [3.8, 4) is 5.82 Å². The highest BCUT2D eigenvalue weighted by Gasteiger charge is 2.00. The van der Waals surface area contributed by atoms with Crippen LogP contribution < -0.4 is 0 Å². The Bertz CT molecular complexity index is 367. The molecule has 0 aliphatic heterocycles. The van der Waals surface area contributed by atoms with Crippen LogP contribution in [0, 0.1) is 6.92 Å². The largest absolute Gasteiger partial charge is 0.237 e. The standard InChI is InChI=1S/C7H7N5/c1-6-3-2-4-8-7(6)12-5-9-10-11-12/h2-5H,1H3. The molecule has 0 amide bonds. The molecule has 5 heteroatoms. The third-order valence-electron chi connectivity index (χ3n) is 1.55. The lowest BCUT2D eigenvalue weighted by Crippen LogP contribution is -2.00. The van der Waals surface area contributed by atoms with Gasteiger partial charge in [0.05, 0.1) is 0 Å². The summed E-state index contributed by atoms with van der Waals surface area (Å²) in [6.45, 7) is 1.96. The van der Waals surface area contributed by atoms with Gasteiger partial charge in [-0.1, -0.05) is 6.07 Å². The van der Waals surface area contributed by atoms with Gasteiger partial charge < -0.3 is 0 Å². The number of hydrogen-bond donors (Lipinski definition) is 0. The summed E-state index contributed by atoms with van der Waals surface area (Å²) in [6, 6.07) is 3.84. The molecule has 0 N–H and O–H groups in total. The molecule has 2 rings (SSSR count). The maximum absolute atomic E-state index is 4.14. The van der Waals surface area contributed by atoms with Crippen molar-refractivity contribution in [3.05, 3.63) is 30.2 Å². The lowest BCUT2D eigenvalue weighted by molar-refractivity contribution is 0.766. The maximum Gasteiger partial charge on any atom is 0.159 e. The van der Waals surface area contributed by atoms with Crippen LogP contribution in [-0.2, 0) is 0 Å². The van der Waals surface area contributed by atoms with E-state index in [2.05, 4.69) is 20.5 Å². The summed E-state index contributed by atoms with van der Waals surface area (Å²) in [4.78, 5) is 4.14. The molecule has 2 heterocycles. The van der Waals surface area contributed by atoms with Gasteiger partial charge in [0.25, 0.3) is 0 Å². The van der Waals surface area contributed by atoms with Gasteiger partial charge >= 0.3 is 0 Å². The molecule has 0 aliphatic carbocycles. The van der Waals surface area contributed by atoms with Crippen LogP contribution in [0.25, 0.3) is 5.82 Å². The van der Waals surface area contributed by atoms with E-state index in [9.17, 15) is 0 Å². The highest BCUT2D eigenvalue weighted by Crippen LogP contribution is 2.05. The minimum absolute atomic E-state index is 0.766. The number of aryl methyl sites for hydroxylation is 1. The fourth-order valence-electron chi connectivity index (χ4n) is 0.976. The predicted octanol–water partition coefficient (Wildman–Crippen LogP) is 0.366. The van der Waals surface area contributed by atoms with E-state index in [0.29, 0.717) is 0 Å². The van der Waals surface area contributed by atoms with Crippen LogP contribution in [0.3, 0.4) is 0 Å². The molecule has 0 aliphatic rings. The van der Waals surface area contributed by atoms with Crippen molar-refractivity contribution in [3.63, 3.8) is 0 Å². The molecule has 2 aromatic heterocycles. The highest BCUT2D eigenvalue weighted by atomic mass is 15.5. The molecule has 12 heavy (non-hydrogen) atoms. The van der Waals surface area contributed by atoms with E-state index in [1.807, 2.05) is 19.1 Å². The second-order valence-corrected chi connectivity index (χ2v) is 2.40. The Hall–Kier alpha value is -1.78. The molecule has 0 atom stereocenters. The monoisotopic (exact) mass is 161 g/mol. The fraction of sp³-hybridized carbons (Fsp3) is 0.143. The normalized spacial score (nSPS) is 10.1. The van der Waals surface area contributed by atoms with E-state index >= 15 is 0 Å². The van der Waals surface area contributed by atoms with Gasteiger partial charge in [-0.25, -0.2) is 4.98 Å². The van der Waals surface area contributed by atoms with Crippen LogP contribution in [-0.4, -0.2) is 25.2 Å². The van der Waals surface area contributed by atoms with Crippen molar-refractivity contribution in [2.45, 2.75) is 6.92 Å². The van der Waals surface area contributed by atoms with Crippen LogP contribution in [0.4, 0.5) is 0 Å². The first-order valence-electron chi connectivity index (χ1n) is 3.53. The van der Waals surface area contributed by atoms with Crippen LogP contribution in [0.15, 0.2) is 24.7 Å². The van der Waals surface area contributed by atoms with E-state index in [-0.39, 0.29) is 0 Å². The fourth-order valence-corrected chi connectivity index (χ4v) is 0.976. The second-order valence-electron chi connectivity index (χ2n) is 2.40. The first-order valence-corrected chi connectivity index (χ1v) is 3.53. The van der Waals surface area contributed by atoms with Gasteiger partial charge in [-0.05, 0) is 29.0 Å². The quantitative estimate of drug-likeness (QED) is 0.606. The molecule has 0 aromatic carbocycles. The summed E-state index contributed by atoms with van der Waals surface area (Å²) in [5, 5.41) is 10.8. The number of pyridine rings is 1. The molecule has 0 saturated carbocycles. The van der Waals surface area contributed by atoms with Crippen molar-refractivity contribution in [1.82, 2.24) is 25.2 Å². The number of aromatic nitrogens is 5. The van der Waals surface area contributed by atoms with Crippen LogP contribution >= 0.6 is 0 Å². The van der Waals surface area contributed by atoms with Gasteiger partial charge in [-0.15, -0.1) is 5.10 Å². The third-order valence-corrected chi connectivity index (χ3v) is 1.55. The van der Waals surface area contributed by atoms with E-state index < -0.39 is 0 Å². The van der Waals surface area contributed by atoms with Crippen LogP contribution in [0.5, 0.6) is 0 Å². The van der Waals surface area contributed by atoms with Crippen molar-refractivity contribution in [2.24, 2.45) is 0 Å². The van der Waals surface area contributed by atoms with Crippen LogP contribution in [0.1, 0.15) is 5.56 Å². The number of nitrogens with zero attached hydrogens (tertiary/aromatic N) is 5. The van der Waals surface area contributed by atoms with Gasteiger partial charge in [0.1, 0.15) is 6.33 Å². The zero-order valence-electron chi connectivity index (χ0n) is 6.55. The molecule has 60 valence electrons. The summed E-state index contributed by atoms with van der Waals surface area (Å²) >= 11 is 0. The molecule has 0 spiro atoms. The zero-order chi connectivity index (χ0) is 8.39. The molecule has 0 radical (unpaired) electrons. The molecule has 0 saturated heterocycles. The Morgan fingerprint density at radius 2 is 2.33 bits per heavy atom. The smallest absolute Gasteiger partial charge is 0.159 e. The first kappa shape index (κ1) is 6.90. The Kier molecular flexibility index (Phi) is 1.55. The minimum Gasteiger partial charge on any atom is -0.237 e. The van der Waals surface area contributed by atoms with Gasteiger partial charge in [0.15, 0.2) is 5.82 Å². The number of hydrogen-bond acceptors (Lipinski definition) is 4. The Labute approximate surface area is 69.1 Å². The van der Waals surface area contributed by atoms with Gasteiger partial charge in [0, 0.05) is 6.20 Å². The average Bonchev–Trinajstić information content (AvgIpc) is 2.57. The Morgan fingerprint density at radius 3 is 3.00 bits per heavy atom. The van der Waals surface area contributed by atoms with Crippen molar-refractivity contribution in [2.75, 3.05) is 0 Å². The van der Waals surface area contributed by atoms with E-state index in [1.165, 1.54) is 11.0 Å². The Balaban J connectivity index is 2.55. The molecule has 5 nitrogen and oxygen atoms in total. The first-order chi connectivity index (χ1) is 5.88. The SMILES string of the molecule is Cc1cccnc1-n1cnnn1. The molecular formula is C7H7N5. The summed E-state index contributed by atoms with van der Waals surface area (Å²) < 4.78 is 1.54. The summed E-state index contributed by atoms with van der Waals surface area (Å²) in [5.41, 5.74) is 1.05. The summed E-state index contributed by atoms with van der Waals surface area (Å²) in [5.74, 6) is 0.766. The van der Waals surface area contributed by atoms with Crippen molar-refractivity contribution < 1.29 is 0 Å². The molecular weight excluding hydrogens is 154 g/mol. The van der Waals surface area contributed by atoms with Crippen molar-refractivity contribution in [1.29, 1.82) is 0 Å². The number of rotatable bonds is 1. The minimum atomic E-state index is 0.766. The number of tetrazole rings is 1. The Morgan fingerprint density at radius 1 is 1.42 bits per heavy atom. The maximum atomic E-state index is 4.14. The predicted molar refractivity (Wildman–Crippen MR) is 41.7 cm³/mol. The third kappa shape index (κ3) is 1.05. The van der Waals surface area contributed by atoms with Crippen molar-refractivity contribution >= 4 is 0 Å². The van der Waals surface area contributed by atoms with Gasteiger partial charge in [0.2, 0.25) is 0 Å². The van der Waals surface area contributed by atoms with E-state index in [1.54, 1.807) is 6.20 Å².